The van der Waals surface area contributed by atoms with Gasteiger partial charge < -0.3 is 0 Å². The Kier molecular flexibility index (Phi) is 2.69. The van der Waals surface area contributed by atoms with E-state index in [0.717, 1.165) is 0 Å². The lowest BCUT2D eigenvalue weighted by molar-refractivity contribution is 0.802. The number of hydrogen-bond acceptors (Lipinski definition) is 3. The molecule has 0 bridgehead atoms. The average molecular weight is 230 g/mol. The van der Waals surface area contributed by atoms with Gasteiger partial charge in [-0.15, -0.1) is 23.5 Å². The highest BCUT2D eigenvalue weighted by Gasteiger charge is 2.28. The summed E-state index contributed by atoms with van der Waals surface area (Å²) in [7, 11) is 0. The van der Waals surface area contributed by atoms with Crippen molar-refractivity contribution in [3.05, 3.63) is 21.9 Å². The smallest absolute Gasteiger partial charge is 0.0770 e. The van der Waals surface area contributed by atoms with E-state index in [2.05, 4.69) is 55.1 Å². The van der Waals surface area contributed by atoms with E-state index in [4.69, 9.17) is 0 Å². The fraction of sp³-hybridized carbons (Fsp3) is 0.600. The number of thiophene rings is 1. The molecule has 0 spiro atoms. The molecule has 1 aliphatic rings. The minimum Gasteiger partial charge on any atom is -0.152 e. The van der Waals surface area contributed by atoms with Crippen molar-refractivity contribution in [2.75, 3.05) is 0 Å². The molecule has 0 N–H and O–H groups in total. The molecule has 13 heavy (non-hydrogen) atoms. The average Bonchev–Trinajstić information content (AvgIpc) is 2.50. The summed E-state index contributed by atoms with van der Waals surface area (Å²) >= 11 is 6.00. The zero-order valence-electron chi connectivity index (χ0n) is 8.16. The lowest BCUT2D eigenvalue weighted by atomic mass is 10.2. The van der Waals surface area contributed by atoms with Crippen LogP contribution in [0.3, 0.4) is 0 Å². The van der Waals surface area contributed by atoms with Crippen LogP contribution in [0.5, 0.6) is 0 Å². The Morgan fingerprint density at radius 1 is 1.38 bits per heavy atom. The van der Waals surface area contributed by atoms with Gasteiger partial charge in [0.05, 0.1) is 4.58 Å². The number of hydrogen-bond donors (Lipinski definition) is 0. The van der Waals surface area contributed by atoms with Crippen LogP contribution < -0.4 is 0 Å². The maximum absolute atomic E-state index is 2.32. The molecule has 0 radical (unpaired) electrons. The molecule has 0 fully saturated rings. The highest BCUT2D eigenvalue weighted by Crippen LogP contribution is 2.53. The predicted octanol–water partition coefficient (Wildman–Crippen LogP) is 4.53. The van der Waals surface area contributed by atoms with E-state index in [9.17, 15) is 0 Å². The van der Waals surface area contributed by atoms with E-state index in [1.165, 1.54) is 5.75 Å². The Morgan fingerprint density at radius 2 is 2.15 bits per heavy atom. The summed E-state index contributed by atoms with van der Waals surface area (Å²) in [6.07, 6.45) is 0. The molecule has 2 rings (SSSR count). The van der Waals surface area contributed by atoms with Crippen molar-refractivity contribution in [2.45, 2.75) is 35.9 Å². The summed E-state index contributed by atoms with van der Waals surface area (Å²) in [5.74, 6) is 1.21. The molecule has 1 aromatic heterocycles. The lowest BCUT2D eigenvalue weighted by Crippen LogP contribution is -2.08. The summed E-state index contributed by atoms with van der Waals surface area (Å²) in [6.45, 7) is 6.88. The molecule has 3 heteroatoms. The fourth-order valence-corrected chi connectivity index (χ4v) is 5.81. The van der Waals surface area contributed by atoms with Gasteiger partial charge in [-0.25, -0.2) is 0 Å². The van der Waals surface area contributed by atoms with E-state index in [1.807, 2.05) is 11.3 Å². The molecule has 1 aliphatic heterocycles. The van der Waals surface area contributed by atoms with Crippen molar-refractivity contribution in [1.82, 2.24) is 0 Å². The monoisotopic (exact) mass is 230 g/mol. The second-order valence-electron chi connectivity index (χ2n) is 4.23. The Hall–Kier alpha value is 0.400. The quantitative estimate of drug-likeness (QED) is 0.695. The Bertz CT molecular complexity index is 295. The molecule has 1 atom stereocenters. The van der Waals surface area contributed by atoms with Gasteiger partial charge in [0.1, 0.15) is 0 Å². The van der Waals surface area contributed by atoms with E-state index >= 15 is 0 Å². The van der Waals surface area contributed by atoms with Crippen LogP contribution in [0.2, 0.25) is 0 Å². The van der Waals surface area contributed by atoms with Crippen LogP contribution in [0.15, 0.2) is 10.8 Å². The molecule has 0 amide bonds. The van der Waals surface area contributed by atoms with Crippen LogP contribution in [0.1, 0.15) is 36.5 Å². The van der Waals surface area contributed by atoms with Crippen LogP contribution in [0, 0.1) is 0 Å². The van der Waals surface area contributed by atoms with Gasteiger partial charge in [-0.3, -0.25) is 0 Å². The van der Waals surface area contributed by atoms with Gasteiger partial charge in [-0.05, 0) is 21.9 Å². The maximum Gasteiger partial charge on any atom is 0.0770 e. The topological polar surface area (TPSA) is 0 Å². The third-order valence-electron chi connectivity index (χ3n) is 1.88. The van der Waals surface area contributed by atoms with Gasteiger partial charge >= 0.3 is 0 Å². The van der Waals surface area contributed by atoms with Gasteiger partial charge in [0.15, 0.2) is 0 Å². The summed E-state index contributed by atoms with van der Waals surface area (Å²) in [4.78, 5) is 0. The maximum atomic E-state index is 2.32. The minimum atomic E-state index is 0.376. The third-order valence-corrected chi connectivity index (χ3v) is 5.60. The number of thioether (sulfide) groups is 2. The van der Waals surface area contributed by atoms with Crippen molar-refractivity contribution in [2.24, 2.45) is 0 Å². The first kappa shape index (κ1) is 9.94. The first-order chi connectivity index (χ1) is 6.06. The SMILES string of the molecule is CC(C)(C)SC1SCc2cscc21. The summed E-state index contributed by atoms with van der Waals surface area (Å²) in [5, 5.41) is 4.62. The second-order valence-corrected chi connectivity index (χ2v) is 8.29. The largest absolute Gasteiger partial charge is 0.152 e. The number of fused-ring (bicyclic) bond motifs is 1. The summed E-state index contributed by atoms with van der Waals surface area (Å²) < 4.78 is 1.06. The van der Waals surface area contributed by atoms with Crippen LogP contribution in [0.4, 0.5) is 0 Å². The van der Waals surface area contributed by atoms with Crippen molar-refractivity contribution < 1.29 is 0 Å². The van der Waals surface area contributed by atoms with E-state index < -0.39 is 0 Å². The van der Waals surface area contributed by atoms with Gasteiger partial charge in [0.2, 0.25) is 0 Å². The molecule has 0 aliphatic carbocycles. The highest BCUT2D eigenvalue weighted by molar-refractivity contribution is 8.16. The molecule has 0 nitrogen and oxygen atoms in total. The summed E-state index contributed by atoms with van der Waals surface area (Å²) in [6, 6.07) is 0. The van der Waals surface area contributed by atoms with Crippen LogP contribution >= 0.6 is 34.9 Å². The molecular weight excluding hydrogens is 216 g/mol. The van der Waals surface area contributed by atoms with Crippen molar-refractivity contribution in [3.8, 4) is 0 Å². The molecular formula is C10H14S3. The Morgan fingerprint density at radius 3 is 2.85 bits per heavy atom. The van der Waals surface area contributed by atoms with Crippen LogP contribution in [-0.4, -0.2) is 4.75 Å². The molecule has 2 heterocycles. The van der Waals surface area contributed by atoms with Crippen LogP contribution in [0.25, 0.3) is 0 Å². The normalized spacial score (nSPS) is 21.9. The van der Waals surface area contributed by atoms with Crippen molar-refractivity contribution in [3.63, 3.8) is 0 Å². The first-order valence-corrected chi connectivity index (χ1v) is 7.28. The van der Waals surface area contributed by atoms with Crippen molar-refractivity contribution >= 4 is 34.9 Å². The second kappa shape index (κ2) is 3.52. The molecule has 0 saturated carbocycles. The number of rotatable bonds is 1. The van der Waals surface area contributed by atoms with Gasteiger partial charge in [0, 0.05) is 10.5 Å². The molecule has 0 saturated heterocycles. The first-order valence-electron chi connectivity index (χ1n) is 4.41. The molecule has 0 aromatic carbocycles. The third kappa shape index (κ3) is 2.25. The van der Waals surface area contributed by atoms with E-state index in [-0.39, 0.29) is 0 Å². The lowest BCUT2D eigenvalue weighted by Gasteiger charge is -2.22. The van der Waals surface area contributed by atoms with Crippen LogP contribution in [-0.2, 0) is 5.75 Å². The zero-order valence-corrected chi connectivity index (χ0v) is 10.6. The van der Waals surface area contributed by atoms with Gasteiger partial charge in [-0.2, -0.15) is 11.3 Å². The van der Waals surface area contributed by atoms with E-state index in [1.54, 1.807) is 11.1 Å². The van der Waals surface area contributed by atoms with Crippen molar-refractivity contribution in [1.29, 1.82) is 0 Å². The Balaban J connectivity index is 2.13. The fourth-order valence-electron chi connectivity index (χ4n) is 1.33. The molecule has 1 aromatic rings. The standard InChI is InChI=1S/C10H14S3/c1-10(2,3)13-9-8-6-11-4-7(8)5-12-9/h4,6,9H,5H2,1-3H3. The summed E-state index contributed by atoms with van der Waals surface area (Å²) in [5.41, 5.74) is 3.15. The van der Waals surface area contributed by atoms with Gasteiger partial charge in [0.25, 0.3) is 0 Å². The van der Waals surface area contributed by atoms with Gasteiger partial charge in [-0.1, -0.05) is 20.8 Å². The minimum absolute atomic E-state index is 0.376. The zero-order chi connectivity index (χ0) is 9.47. The highest BCUT2D eigenvalue weighted by atomic mass is 32.2. The molecule has 1 unspecified atom stereocenters. The molecule has 72 valence electrons. The Labute approximate surface area is 92.5 Å². The predicted molar refractivity (Wildman–Crippen MR) is 65.7 cm³/mol. The van der Waals surface area contributed by atoms with E-state index in [0.29, 0.717) is 9.33 Å².